The van der Waals surface area contributed by atoms with Crippen LogP contribution in [0.15, 0.2) is 42.5 Å². The van der Waals surface area contributed by atoms with E-state index in [1.165, 1.54) is 0 Å². The number of amides is 3. The number of anilines is 1. The predicted molar refractivity (Wildman–Crippen MR) is 117 cm³/mol. The summed E-state index contributed by atoms with van der Waals surface area (Å²) >= 11 is 0. The van der Waals surface area contributed by atoms with Gasteiger partial charge in [0.1, 0.15) is 5.75 Å². The molecular weight excluding hydrogens is 394 g/mol. The van der Waals surface area contributed by atoms with Crippen LogP contribution < -0.4 is 20.7 Å². The van der Waals surface area contributed by atoms with Crippen LogP contribution in [0.2, 0.25) is 0 Å². The van der Waals surface area contributed by atoms with Gasteiger partial charge in [-0.25, -0.2) is 0 Å². The van der Waals surface area contributed by atoms with Crippen LogP contribution >= 0.6 is 0 Å². The molecule has 7 nitrogen and oxygen atoms in total. The van der Waals surface area contributed by atoms with Crippen molar-refractivity contribution in [1.29, 1.82) is 0 Å². The summed E-state index contributed by atoms with van der Waals surface area (Å²) in [6, 6.07) is 13.3. The van der Waals surface area contributed by atoms with E-state index < -0.39 is 0 Å². The molecule has 7 heteroatoms. The van der Waals surface area contributed by atoms with Gasteiger partial charge in [0.05, 0.1) is 6.61 Å². The van der Waals surface area contributed by atoms with Gasteiger partial charge in [-0.05, 0) is 67.1 Å². The number of benzene rings is 2. The Kier molecular flexibility index (Phi) is 6.50. The Balaban J connectivity index is 1.14. The molecule has 1 fully saturated rings. The van der Waals surface area contributed by atoms with Crippen molar-refractivity contribution in [3.8, 4) is 5.75 Å². The highest BCUT2D eigenvalue weighted by Crippen LogP contribution is 2.26. The Bertz CT molecular complexity index is 967. The average molecular weight is 421 g/mol. The molecule has 0 spiro atoms. The summed E-state index contributed by atoms with van der Waals surface area (Å²) in [7, 11) is 0. The molecule has 0 atom stereocenters. The van der Waals surface area contributed by atoms with E-state index in [2.05, 4.69) is 16.0 Å². The number of carbonyl (C=O) groups excluding carboxylic acids is 3. The third-order valence-corrected chi connectivity index (χ3v) is 5.41. The zero-order valence-corrected chi connectivity index (χ0v) is 17.4. The molecule has 1 aliphatic carbocycles. The number of carbonyl (C=O) groups is 3. The Morgan fingerprint density at radius 1 is 1.06 bits per heavy atom. The van der Waals surface area contributed by atoms with Gasteiger partial charge in [0.15, 0.2) is 0 Å². The maximum Gasteiger partial charge on any atom is 0.251 e. The highest BCUT2D eigenvalue weighted by molar-refractivity contribution is 5.94. The Morgan fingerprint density at radius 3 is 2.65 bits per heavy atom. The van der Waals surface area contributed by atoms with E-state index in [1.807, 2.05) is 30.3 Å². The molecule has 2 aromatic rings. The van der Waals surface area contributed by atoms with Crippen molar-refractivity contribution in [3.63, 3.8) is 0 Å². The van der Waals surface area contributed by atoms with Crippen LogP contribution in [0.25, 0.3) is 0 Å². The molecule has 4 rings (SSSR count). The molecule has 2 aliphatic rings. The number of fused-ring (bicyclic) bond motifs is 1. The van der Waals surface area contributed by atoms with Crippen molar-refractivity contribution in [1.82, 2.24) is 10.6 Å². The normalized spacial score (nSPS) is 14.9. The van der Waals surface area contributed by atoms with Gasteiger partial charge < -0.3 is 20.7 Å². The van der Waals surface area contributed by atoms with Crippen LogP contribution in [0.1, 0.15) is 53.6 Å². The number of hydrogen-bond acceptors (Lipinski definition) is 4. The van der Waals surface area contributed by atoms with Gasteiger partial charge in [-0.2, -0.15) is 0 Å². The van der Waals surface area contributed by atoms with Crippen LogP contribution in [-0.4, -0.2) is 30.4 Å². The maximum absolute atomic E-state index is 12.1. The van der Waals surface area contributed by atoms with Gasteiger partial charge in [-0.15, -0.1) is 0 Å². The maximum atomic E-state index is 12.1. The predicted octanol–water partition coefficient (Wildman–Crippen LogP) is 2.94. The first-order valence-corrected chi connectivity index (χ1v) is 10.8. The monoisotopic (exact) mass is 421 g/mol. The van der Waals surface area contributed by atoms with Gasteiger partial charge in [-0.1, -0.05) is 12.1 Å². The number of aryl methyl sites for hydroxylation is 1. The third kappa shape index (κ3) is 6.07. The lowest BCUT2D eigenvalue weighted by atomic mass is 10.0. The SMILES string of the molecule is O=C(CCCOc1ccc2c(c1)CCC(=O)N2)NCc1ccc(C(=O)NC2CC2)cc1. The van der Waals surface area contributed by atoms with Crippen molar-refractivity contribution in [2.24, 2.45) is 0 Å². The smallest absolute Gasteiger partial charge is 0.251 e. The van der Waals surface area contributed by atoms with E-state index in [-0.39, 0.29) is 17.7 Å². The molecule has 0 radical (unpaired) electrons. The number of rotatable bonds is 9. The molecule has 0 saturated heterocycles. The topological polar surface area (TPSA) is 96.5 Å². The first kappa shape index (κ1) is 20.9. The zero-order valence-electron chi connectivity index (χ0n) is 17.4. The first-order valence-electron chi connectivity index (χ1n) is 10.8. The molecule has 0 bridgehead atoms. The summed E-state index contributed by atoms with van der Waals surface area (Å²) in [6.07, 6.45) is 4.32. The third-order valence-electron chi connectivity index (χ3n) is 5.41. The molecule has 3 N–H and O–H groups in total. The fraction of sp³-hybridized carbons (Fsp3) is 0.375. The van der Waals surface area contributed by atoms with Gasteiger partial charge in [0.25, 0.3) is 5.91 Å². The Labute approximate surface area is 181 Å². The van der Waals surface area contributed by atoms with Crippen molar-refractivity contribution >= 4 is 23.4 Å². The molecule has 0 unspecified atom stereocenters. The zero-order chi connectivity index (χ0) is 21.6. The van der Waals surface area contributed by atoms with Gasteiger partial charge in [-0.3, -0.25) is 14.4 Å². The number of nitrogens with one attached hydrogen (secondary N) is 3. The minimum absolute atomic E-state index is 0.0349. The lowest BCUT2D eigenvalue weighted by molar-refractivity contribution is -0.121. The molecule has 31 heavy (non-hydrogen) atoms. The Morgan fingerprint density at radius 2 is 1.87 bits per heavy atom. The van der Waals surface area contributed by atoms with Gasteiger partial charge >= 0.3 is 0 Å². The van der Waals surface area contributed by atoms with Crippen LogP contribution in [0.4, 0.5) is 5.69 Å². The van der Waals surface area contributed by atoms with Gasteiger partial charge in [0.2, 0.25) is 11.8 Å². The lowest BCUT2D eigenvalue weighted by Crippen LogP contribution is -2.25. The van der Waals surface area contributed by atoms with Crippen LogP contribution in [0.5, 0.6) is 5.75 Å². The molecule has 2 aromatic carbocycles. The summed E-state index contributed by atoms with van der Waals surface area (Å²) in [5, 5.41) is 8.71. The fourth-order valence-corrected chi connectivity index (χ4v) is 3.43. The second-order valence-corrected chi connectivity index (χ2v) is 8.04. The summed E-state index contributed by atoms with van der Waals surface area (Å²) < 4.78 is 5.75. The van der Waals surface area contributed by atoms with E-state index in [1.54, 1.807) is 12.1 Å². The van der Waals surface area contributed by atoms with E-state index in [4.69, 9.17) is 4.74 Å². The quantitative estimate of drug-likeness (QED) is 0.543. The van der Waals surface area contributed by atoms with Crippen molar-refractivity contribution in [2.45, 2.75) is 51.1 Å². The minimum atomic E-state index is -0.0400. The Hall–Kier alpha value is -3.35. The van der Waals surface area contributed by atoms with Crippen molar-refractivity contribution < 1.29 is 19.1 Å². The summed E-state index contributed by atoms with van der Waals surface area (Å²) in [5.74, 6) is 0.720. The second-order valence-electron chi connectivity index (χ2n) is 8.04. The van der Waals surface area contributed by atoms with E-state index in [9.17, 15) is 14.4 Å². The highest BCUT2D eigenvalue weighted by atomic mass is 16.5. The van der Waals surface area contributed by atoms with Crippen LogP contribution in [-0.2, 0) is 22.6 Å². The van der Waals surface area contributed by atoms with Gasteiger partial charge in [0, 0.05) is 36.7 Å². The molecule has 0 aromatic heterocycles. The first-order chi connectivity index (χ1) is 15.1. The van der Waals surface area contributed by atoms with Crippen LogP contribution in [0.3, 0.4) is 0 Å². The standard InChI is InChI=1S/C24H27N3O4/c28-22(25-15-16-3-5-17(6-4-16)24(30)26-19-8-9-19)2-1-13-31-20-10-11-21-18(14-20)7-12-23(29)27-21/h3-6,10-11,14,19H,1-2,7-9,12-13,15H2,(H,25,28)(H,26,30)(H,27,29). The van der Waals surface area contributed by atoms with Crippen molar-refractivity contribution in [2.75, 3.05) is 11.9 Å². The largest absolute Gasteiger partial charge is 0.494 e. The highest BCUT2D eigenvalue weighted by Gasteiger charge is 2.23. The average Bonchev–Trinajstić information content (AvgIpc) is 3.59. The summed E-state index contributed by atoms with van der Waals surface area (Å²) in [5.41, 5.74) is 3.52. The molecular formula is C24H27N3O4. The molecule has 1 heterocycles. The molecule has 162 valence electrons. The van der Waals surface area contributed by atoms with E-state index >= 15 is 0 Å². The van der Waals surface area contributed by atoms with Crippen LogP contribution in [0, 0.1) is 0 Å². The van der Waals surface area contributed by atoms with E-state index in [0.29, 0.717) is 50.4 Å². The number of hydrogen-bond donors (Lipinski definition) is 3. The van der Waals surface area contributed by atoms with E-state index in [0.717, 1.165) is 35.4 Å². The fourth-order valence-electron chi connectivity index (χ4n) is 3.43. The molecule has 3 amide bonds. The molecule has 1 saturated carbocycles. The lowest BCUT2D eigenvalue weighted by Gasteiger charge is -2.17. The molecule has 1 aliphatic heterocycles. The van der Waals surface area contributed by atoms with Crippen molar-refractivity contribution in [3.05, 3.63) is 59.2 Å². The summed E-state index contributed by atoms with van der Waals surface area (Å²) in [6.45, 7) is 0.879. The second kappa shape index (κ2) is 9.64. The summed E-state index contributed by atoms with van der Waals surface area (Å²) in [4.78, 5) is 35.5. The number of ether oxygens (including phenoxy) is 1. The minimum Gasteiger partial charge on any atom is -0.494 e.